The van der Waals surface area contributed by atoms with E-state index in [1.165, 1.54) is 19.3 Å². The fourth-order valence-corrected chi connectivity index (χ4v) is 3.07. The van der Waals surface area contributed by atoms with Gasteiger partial charge in [0.2, 0.25) is 5.91 Å². The topological polar surface area (TPSA) is 72.5 Å². The van der Waals surface area contributed by atoms with Crippen molar-refractivity contribution in [2.75, 3.05) is 23.3 Å². The third-order valence-corrected chi connectivity index (χ3v) is 4.14. The molecule has 1 aliphatic heterocycles. The van der Waals surface area contributed by atoms with E-state index in [0.717, 1.165) is 24.5 Å². The second-order valence-corrected chi connectivity index (χ2v) is 7.00. The van der Waals surface area contributed by atoms with Crippen LogP contribution in [0, 0.1) is 5.41 Å². The average Bonchev–Trinajstić information content (AvgIpc) is 2.46. The molecule has 0 aromatic heterocycles. The number of benzene rings is 1. The molecule has 0 bridgehead atoms. The number of amides is 1. The summed E-state index contributed by atoms with van der Waals surface area (Å²) in [6.45, 7) is 5.53. The third kappa shape index (κ3) is 5.27. The molecule has 0 atom stereocenters. The number of carbonyl (C=O) groups excluding carboxylic acids is 2. The van der Waals surface area contributed by atoms with Crippen LogP contribution in [0.4, 0.5) is 11.4 Å². The number of hydrogen-bond donors (Lipinski definition) is 1. The highest BCUT2D eigenvalue weighted by atomic mass is 16.4. The van der Waals surface area contributed by atoms with Crippen molar-refractivity contribution < 1.29 is 14.7 Å². The lowest BCUT2D eigenvalue weighted by Crippen LogP contribution is -2.32. The minimum atomic E-state index is -1.13. The van der Waals surface area contributed by atoms with Gasteiger partial charge in [-0.1, -0.05) is 26.0 Å². The zero-order chi connectivity index (χ0) is 16.9. The van der Waals surface area contributed by atoms with E-state index in [2.05, 4.69) is 10.2 Å². The van der Waals surface area contributed by atoms with Crippen molar-refractivity contribution in [3.05, 3.63) is 24.3 Å². The fourth-order valence-electron chi connectivity index (χ4n) is 3.07. The van der Waals surface area contributed by atoms with Crippen LogP contribution in [0.2, 0.25) is 0 Å². The Labute approximate surface area is 137 Å². The molecule has 126 valence electrons. The highest BCUT2D eigenvalue weighted by Gasteiger charge is 2.23. The van der Waals surface area contributed by atoms with Crippen molar-refractivity contribution in [1.82, 2.24) is 0 Å². The third-order valence-electron chi connectivity index (χ3n) is 4.14. The number of carboxylic acids is 1. The standard InChI is InChI=1S/C18H26N2O3/c1-18(2,13-17(22)23)12-16(21)19-14-8-4-5-9-15(14)20-10-6-3-7-11-20/h4-5,8-9H,3,6-7,10-13H2,1-2H3,(H,19,21)(H,22,23)/p-1. The Balaban J connectivity index is 2.04. The number of aliphatic carboxylic acids is 1. The van der Waals surface area contributed by atoms with E-state index in [4.69, 9.17) is 0 Å². The van der Waals surface area contributed by atoms with Gasteiger partial charge in [-0.2, -0.15) is 0 Å². The van der Waals surface area contributed by atoms with Gasteiger partial charge < -0.3 is 20.1 Å². The quantitative estimate of drug-likeness (QED) is 0.873. The SMILES string of the molecule is CC(C)(CC(=O)[O-])CC(=O)Nc1ccccc1N1CCCCC1. The minimum absolute atomic E-state index is 0.131. The van der Waals surface area contributed by atoms with Crippen molar-refractivity contribution >= 4 is 23.3 Å². The molecule has 0 unspecified atom stereocenters. The van der Waals surface area contributed by atoms with E-state index in [1.54, 1.807) is 13.8 Å². The lowest BCUT2D eigenvalue weighted by atomic mass is 9.85. The molecular weight excluding hydrogens is 292 g/mol. The van der Waals surface area contributed by atoms with E-state index in [1.807, 2.05) is 24.3 Å². The smallest absolute Gasteiger partial charge is 0.224 e. The molecule has 1 aliphatic rings. The number of nitrogens with one attached hydrogen (secondary N) is 1. The maximum absolute atomic E-state index is 12.3. The van der Waals surface area contributed by atoms with Gasteiger partial charge >= 0.3 is 0 Å². The van der Waals surface area contributed by atoms with E-state index in [-0.39, 0.29) is 18.7 Å². The number of piperidine rings is 1. The lowest BCUT2D eigenvalue weighted by molar-refractivity contribution is -0.307. The number of anilines is 2. The Morgan fingerprint density at radius 3 is 2.43 bits per heavy atom. The van der Waals surface area contributed by atoms with Crippen molar-refractivity contribution in [3.8, 4) is 0 Å². The van der Waals surface area contributed by atoms with Crippen LogP contribution in [-0.4, -0.2) is 25.0 Å². The average molecular weight is 317 g/mol. The van der Waals surface area contributed by atoms with Crippen LogP contribution in [0.3, 0.4) is 0 Å². The minimum Gasteiger partial charge on any atom is -0.550 e. The van der Waals surface area contributed by atoms with Crippen LogP contribution in [-0.2, 0) is 9.59 Å². The predicted octanol–water partition coefficient (Wildman–Crippen LogP) is 2.17. The Bertz CT molecular complexity index is 563. The van der Waals surface area contributed by atoms with Crippen LogP contribution < -0.4 is 15.3 Å². The van der Waals surface area contributed by atoms with Crippen LogP contribution in [0.15, 0.2) is 24.3 Å². The van der Waals surface area contributed by atoms with E-state index < -0.39 is 11.4 Å². The molecule has 0 aliphatic carbocycles. The molecule has 2 rings (SSSR count). The normalized spacial score (nSPS) is 15.3. The summed E-state index contributed by atoms with van der Waals surface area (Å²) in [5.74, 6) is -1.29. The predicted molar refractivity (Wildman–Crippen MR) is 89.2 cm³/mol. The second-order valence-electron chi connectivity index (χ2n) is 7.00. The maximum atomic E-state index is 12.3. The van der Waals surface area contributed by atoms with Gasteiger partial charge in [0, 0.05) is 25.5 Å². The molecule has 1 saturated heterocycles. The van der Waals surface area contributed by atoms with Gasteiger partial charge in [0.15, 0.2) is 0 Å². The van der Waals surface area contributed by atoms with Gasteiger partial charge in [-0.05, 0) is 43.2 Å². The molecular formula is C18H25N2O3-. The Morgan fingerprint density at radius 2 is 1.78 bits per heavy atom. The molecule has 5 nitrogen and oxygen atoms in total. The van der Waals surface area contributed by atoms with Crippen molar-refractivity contribution in [1.29, 1.82) is 0 Å². The molecule has 5 heteroatoms. The summed E-state index contributed by atoms with van der Waals surface area (Å²) >= 11 is 0. The molecule has 0 radical (unpaired) electrons. The summed E-state index contributed by atoms with van der Waals surface area (Å²) < 4.78 is 0. The first kappa shape index (κ1) is 17.3. The van der Waals surface area contributed by atoms with Gasteiger partial charge in [0.1, 0.15) is 0 Å². The van der Waals surface area contributed by atoms with Crippen LogP contribution in [0.25, 0.3) is 0 Å². The summed E-state index contributed by atoms with van der Waals surface area (Å²) in [7, 11) is 0. The van der Waals surface area contributed by atoms with Crippen molar-refractivity contribution in [2.45, 2.75) is 46.0 Å². The number of carboxylic acid groups (broad SMARTS) is 1. The van der Waals surface area contributed by atoms with E-state index >= 15 is 0 Å². The van der Waals surface area contributed by atoms with E-state index in [0.29, 0.717) is 0 Å². The van der Waals surface area contributed by atoms with Crippen LogP contribution in [0.1, 0.15) is 46.0 Å². The fraction of sp³-hybridized carbons (Fsp3) is 0.556. The summed E-state index contributed by atoms with van der Waals surface area (Å²) in [5, 5.41) is 13.7. The molecule has 0 saturated carbocycles. The first-order chi connectivity index (χ1) is 10.9. The number of nitrogens with zero attached hydrogens (tertiary/aromatic N) is 1. The Kier molecular flexibility index (Phi) is 5.64. The van der Waals surface area contributed by atoms with Gasteiger partial charge in [0.05, 0.1) is 11.4 Å². The first-order valence-corrected chi connectivity index (χ1v) is 8.21. The maximum Gasteiger partial charge on any atom is 0.224 e. The number of carbonyl (C=O) groups is 2. The lowest BCUT2D eigenvalue weighted by Gasteiger charge is -2.31. The zero-order valence-electron chi connectivity index (χ0n) is 13.9. The summed E-state index contributed by atoms with van der Waals surface area (Å²) in [6, 6.07) is 7.79. The Hall–Kier alpha value is -2.04. The largest absolute Gasteiger partial charge is 0.550 e. The highest BCUT2D eigenvalue weighted by Crippen LogP contribution is 2.30. The summed E-state index contributed by atoms with van der Waals surface area (Å²) in [6.07, 6.45) is 3.60. The molecule has 1 amide bonds. The van der Waals surface area contributed by atoms with Crippen LogP contribution in [0.5, 0.6) is 0 Å². The van der Waals surface area contributed by atoms with Gasteiger partial charge in [-0.25, -0.2) is 0 Å². The number of rotatable bonds is 6. The van der Waals surface area contributed by atoms with E-state index in [9.17, 15) is 14.7 Å². The molecule has 1 aromatic carbocycles. The van der Waals surface area contributed by atoms with Gasteiger partial charge in [0.25, 0.3) is 0 Å². The molecule has 1 N–H and O–H groups in total. The first-order valence-electron chi connectivity index (χ1n) is 8.21. The molecule has 23 heavy (non-hydrogen) atoms. The summed E-state index contributed by atoms with van der Waals surface area (Å²) in [4.78, 5) is 25.4. The van der Waals surface area contributed by atoms with Crippen molar-refractivity contribution in [3.63, 3.8) is 0 Å². The van der Waals surface area contributed by atoms with Gasteiger partial charge in [-0.15, -0.1) is 0 Å². The van der Waals surface area contributed by atoms with Crippen LogP contribution >= 0.6 is 0 Å². The number of hydrogen-bond acceptors (Lipinski definition) is 4. The molecule has 1 fully saturated rings. The van der Waals surface area contributed by atoms with Gasteiger partial charge in [-0.3, -0.25) is 4.79 Å². The van der Waals surface area contributed by atoms with Crippen molar-refractivity contribution in [2.24, 2.45) is 5.41 Å². The molecule has 0 spiro atoms. The summed E-state index contributed by atoms with van der Waals surface area (Å²) in [5.41, 5.74) is 1.21. The molecule has 1 heterocycles. The molecule has 1 aromatic rings. The second kappa shape index (κ2) is 7.49. The number of para-hydroxylation sites is 2. The monoisotopic (exact) mass is 317 g/mol. The highest BCUT2D eigenvalue weighted by molar-refractivity contribution is 5.94. The Morgan fingerprint density at radius 1 is 1.13 bits per heavy atom. The zero-order valence-corrected chi connectivity index (χ0v) is 13.9.